The first-order chi connectivity index (χ1) is 27.4. The average molecular weight is 781 g/mol. The lowest BCUT2D eigenvalue weighted by Gasteiger charge is -2.30. The fraction of sp³-hybridized carbons (Fsp3) is 0.439. The zero-order valence-corrected chi connectivity index (χ0v) is 32.9. The van der Waals surface area contributed by atoms with Gasteiger partial charge in [0.2, 0.25) is 17.2 Å². The first kappa shape index (κ1) is 39.1. The van der Waals surface area contributed by atoms with Crippen molar-refractivity contribution in [3.63, 3.8) is 0 Å². The predicted molar refractivity (Wildman–Crippen MR) is 211 cm³/mol. The van der Waals surface area contributed by atoms with Crippen LogP contribution in [0.4, 0.5) is 9.59 Å². The van der Waals surface area contributed by atoms with Gasteiger partial charge in [-0.05, 0) is 67.9 Å². The highest BCUT2D eigenvalue weighted by atomic mass is 16.5. The Morgan fingerprint density at radius 1 is 0.719 bits per heavy atom. The fourth-order valence-corrected chi connectivity index (χ4v) is 7.88. The van der Waals surface area contributed by atoms with E-state index >= 15 is 0 Å². The summed E-state index contributed by atoms with van der Waals surface area (Å²) >= 11 is 0. The van der Waals surface area contributed by atoms with E-state index < -0.39 is 24.3 Å². The van der Waals surface area contributed by atoms with Crippen LogP contribution in [0, 0.1) is 11.8 Å². The van der Waals surface area contributed by atoms with Crippen molar-refractivity contribution in [2.24, 2.45) is 11.8 Å². The van der Waals surface area contributed by atoms with Crippen LogP contribution in [0.1, 0.15) is 77.1 Å². The summed E-state index contributed by atoms with van der Waals surface area (Å²) in [5.74, 6) is 0.580. The highest BCUT2D eigenvalue weighted by molar-refractivity contribution is 5.93. The molecule has 2 aliphatic rings. The molecule has 0 aliphatic carbocycles. The maximum absolute atomic E-state index is 13.9. The van der Waals surface area contributed by atoms with Crippen LogP contribution in [-0.4, -0.2) is 93.1 Å². The summed E-state index contributed by atoms with van der Waals surface area (Å²) in [7, 11) is 2.54. The third kappa shape index (κ3) is 7.67. The molecule has 57 heavy (non-hydrogen) atoms. The number of aromatic amines is 2. The second kappa shape index (κ2) is 16.1. The number of likely N-dealkylation sites (tertiary alicyclic amines) is 2. The number of hydrogen-bond donors (Lipinski definition) is 4. The van der Waals surface area contributed by atoms with Gasteiger partial charge in [-0.1, -0.05) is 33.8 Å². The number of alkyl carbamates (subject to hydrolysis) is 2. The van der Waals surface area contributed by atoms with Crippen molar-refractivity contribution < 1.29 is 33.1 Å². The molecule has 16 nitrogen and oxygen atoms in total. The first-order valence-electron chi connectivity index (χ1n) is 19.3. The number of aromatic nitrogens is 4. The molecule has 7 rings (SSSR count). The number of imidazole rings is 2. The molecule has 4 atom stereocenters. The minimum Gasteiger partial charge on any atom is -0.456 e. The highest BCUT2D eigenvalue weighted by Gasteiger charge is 2.39. The van der Waals surface area contributed by atoms with Crippen LogP contribution in [-0.2, 0) is 19.1 Å². The minimum atomic E-state index is -0.739. The van der Waals surface area contributed by atoms with Gasteiger partial charge in [0.1, 0.15) is 34.9 Å². The van der Waals surface area contributed by atoms with Crippen molar-refractivity contribution in [2.75, 3.05) is 27.3 Å². The number of methoxy groups -OCH3 is 2. The van der Waals surface area contributed by atoms with Gasteiger partial charge in [-0.2, -0.15) is 0 Å². The van der Waals surface area contributed by atoms with Crippen molar-refractivity contribution in [2.45, 2.75) is 77.5 Å². The zero-order valence-electron chi connectivity index (χ0n) is 32.9. The first-order valence-corrected chi connectivity index (χ1v) is 19.3. The van der Waals surface area contributed by atoms with Crippen molar-refractivity contribution in [1.29, 1.82) is 0 Å². The Bertz CT molecular complexity index is 2380. The summed E-state index contributed by atoms with van der Waals surface area (Å²) in [6.07, 6.45) is 5.10. The Morgan fingerprint density at radius 3 is 1.70 bits per heavy atom. The Labute approximate surface area is 328 Å². The van der Waals surface area contributed by atoms with E-state index in [1.165, 1.54) is 14.2 Å². The molecule has 0 spiro atoms. The van der Waals surface area contributed by atoms with Crippen LogP contribution in [0.5, 0.6) is 0 Å². The Morgan fingerprint density at radius 2 is 1.21 bits per heavy atom. The lowest BCUT2D eigenvalue weighted by atomic mass is 10.0. The Hall–Kier alpha value is -6.19. The minimum absolute atomic E-state index is 0.146. The molecule has 2 fully saturated rings. The molecule has 2 aromatic carbocycles. The number of fused-ring (bicyclic) bond motifs is 2. The van der Waals surface area contributed by atoms with E-state index in [9.17, 15) is 24.0 Å². The Kier molecular flexibility index (Phi) is 11.0. The predicted octanol–water partition coefficient (Wildman–Crippen LogP) is 5.81. The van der Waals surface area contributed by atoms with E-state index in [-0.39, 0.29) is 41.2 Å². The molecule has 16 heteroatoms. The lowest BCUT2D eigenvalue weighted by Crippen LogP contribution is -2.51. The molecule has 4 N–H and O–H groups in total. The van der Waals surface area contributed by atoms with E-state index in [1.807, 2.05) is 39.8 Å². The van der Waals surface area contributed by atoms with Gasteiger partial charge in [0, 0.05) is 24.2 Å². The van der Waals surface area contributed by atoms with Gasteiger partial charge < -0.3 is 44.3 Å². The number of benzene rings is 2. The third-order valence-electron chi connectivity index (χ3n) is 11.0. The highest BCUT2D eigenvalue weighted by Crippen LogP contribution is 2.35. The van der Waals surface area contributed by atoms with Gasteiger partial charge in [-0.3, -0.25) is 14.4 Å². The van der Waals surface area contributed by atoms with Crippen molar-refractivity contribution in [1.82, 2.24) is 40.4 Å². The molecule has 0 saturated carbocycles. The molecule has 0 bridgehead atoms. The molecule has 2 saturated heterocycles. The lowest BCUT2D eigenvalue weighted by molar-refractivity contribution is -0.136. The number of ether oxygens (including phenoxy) is 2. The van der Waals surface area contributed by atoms with Gasteiger partial charge in [-0.25, -0.2) is 19.6 Å². The summed E-state index contributed by atoms with van der Waals surface area (Å²) in [5.41, 5.74) is 3.53. The SMILES string of the molecule is COC(=O)N[C@H](C(=O)N1CCC[C@@H]1c1ncc(-c2ccc3oc4cc(-c5cnc([C@@H]6CCCN6C(=O)[C@@H](NC(=O)OC)C(C)C)[nH]5)ccc4c(=O)c3c2)[nH]1)C(C)C. The number of nitrogens with one attached hydrogen (secondary N) is 4. The van der Waals surface area contributed by atoms with E-state index in [0.717, 1.165) is 30.4 Å². The normalized spacial score (nSPS) is 18.0. The zero-order chi connectivity index (χ0) is 40.5. The number of amides is 4. The van der Waals surface area contributed by atoms with Gasteiger partial charge in [-0.15, -0.1) is 0 Å². The number of rotatable bonds is 10. The number of H-pyrrole nitrogens is 2. The van der Waals surface area contributed by atoms with Crippen molar-refractivity contribution in [3.8, 4) is 22.5 Å². The maximum atomic E-state index is 13.9. The van der Waals surface area contributed by atoms with Crippen LogP contribution >= 0.6 is 0 Å². The molecule has 0 radical (unpaired) electrons. The summed E-state index contributed by atoms with van der Waals surface area (Å²) in [6.45, 7) is 8.57. The molecule has 4 amide bonds. The molecule has 300 valence electrons. The monoisotopic (exact) mass is 780 g/mol. The summed E-state index contributed by atoms with van der Waals surface area (Å²) in [6, 6.07) is 8.69. The van der Waals surface area contributed by atoms with Crippen molar-refractivity contribution in [3.05, 3.63) is 70.7 Å². The molecular formula is C41H48N8O8. The van der Waals surface area contributed by atoms with Crippen LogP contribution < -0.4 is 16.1 Å². The Balaban J connectivity index is 1.10. The van der Waals surface area contributed by atoms with E-state index in [0.29, 0.717) is 64.5 Å². The van der Waals surface area contributed by atoms with Crippen LogP contribution in [0.25, 0.3) is 44.5 Å². The number of carbonyl (C=O) groups excluding carboxylic acids is 4. The van der Waals surface area contributed by atoms with Crippen LogP contribution in [0.3, 0.4) is 0 Å². The average Bonchev–Trinajstić information content (AvgIpc) is 4.05. The summed E-state index contributed by atoms with van der Waals surface area (Å²) in [4.78, 5) is 84.5. The molecule has 2 aliphatic heterocycles. The van der Waals surface area contributed by atoms with Crippen molar-refractivity contribution >= 4 is 45.9 Å². The number of nitrogens with zero attached hydrogens (tertiary/aromatic N) is 4. The molecule has 3 aromatic heterocycles. The maximum Gasteiger partial charge on any atom is 0.407 e. The van der Waals surface area contributed by atoms with Gasteiger partial charge in [0.25, 0.3) is 0 Å². The van der Waals surface area contributed by atoms with Crippen LogP contribution in [0.2, 0.25) is 0 Å². The van der Waals surface area contributed by atoms with Gasteiger partial charge >= 0.3 is 12.2 Å². The van der Waals surface area contributed by atoms with E-state index in [4.69, 9.17) is 13.9 Å². The standard InChI is InChI=1S/C41H48N8O8/c1-21(2)33(46-40(53)55-5)38(51)48-15-7-9-29(48)36-42-19-27(44-36)23-12-14-31-26(17-23)35(50)25-13-11-24(18-32(25)57-31)28-20-43-37(45-28)30-10-8-16-49(30)39(52)34(22(3)4)47-41(54)56-6/h11-14,17-22,29-30,33-34H,7-10,15-16H2,1-6H3,(H,42,44)(H,43,45)(H,46,53)(H,47,54)/t29-,30+,33+,34+/m1/s1. The summed E-state index contributed by atoms with van der Waals surface area (Å²) in [5, 5.41) is 6.17. The fourth-order valence-electron chi connectivity index (χ4n) is 7.88. The second-order valence-electron chi connectivity index (χ2n) is 15.3. The largest absolute Gasteiger partial charge is 0.456 e. The molecule has 0 unspecified atom stereocenters. The topological polar surface area (TPSA) is 205 Å². The second-order valence-corrected chi connectivity index (χ2v) is 15.3. The molecule has 5 heterocycles. The van der Waals surface area contributed by atoms with Gasteiger partial charge in [0.05, 0.1) is 60.9 Å². The van der Waals surface area contributed by atoms with E-state index in [1.54, 1.807) is 46.5 Å². The molecular weight excluding hydrogens is 732 g/mol. The van der Waals surface area contributed by atoms with Gasteiger partial charge in [0.15, 0.2) is 0 Å². The third-order valence-corrected chi connectivity index (χ3v) is 11.0. The number of hydrogen-bond acceptors (Lipinski definition) is 10. The number of carbonyl (C=O) groups is 4. The van der Waals surface area contributed by atoms with E-state index in [2.05, 4.69) is 30.6 Å². The molecule has 5 aromatic rings. The smallest absolute Gasteiger partial charge is 0.407 e. The summed E-state index contributed by atoms with van der Waals surface area (Å²) < 4.78 is 15.8. The van der Waals surface area contributed by atoms with Crippen LogP contribution in [0.15, 0.2) is 58.0 Å². The quantitative estimate of drug-likeness (QED) is 0.125.